The maximum Gasteiger partial charge on any atom is 0.138 e. The van der Waals surface area contributed by atoms with Gasteiger partial charge in [0.15, 0.2) is 0 Å². The van der Waals surface area contributed by atoms with Gasteiger partial charge in [-0.15, -0.1) is 0 Å². The summed E-state index contributed by atoms with van der Waals surface area (Å²) in [7, 11) is -3.88. The molecule has 2 aromatic rings. The molecular weight excluding hydrogens is 471 g/mol. The van der Waals surface area contributed by atoms with Crippen molar-refractivity contribution in [3.05, 3.63) is 82.1 Å². The van der Waals surface area contributed by atoms with E-state index in [2.05, 4.69) is 132 Å². The molecule has 0 fully saturated rings. The summed E-state index contributed by atoms with van der Waals surface area (Å²) in [6.45, 7) is 22.8. The summed E-state index contributed by atoms with van der Waals surface area (Å²) in [5.74, 6) is -0.403. The van der Waals surface area contributed by atoms with Gasteiger partial charge in [0.2, 0.25) is 0 Å². The van der Waals surface area contributed by atoms with Crippen LogP contribution in [-0.2, 0) is 10.8 Å². The normalized spacial score (nSPS) is 24.4. The van der Waals surface area contributed by atoms with E-state index < -0.39 is 33.2 Å². The zero-order chi connectivity index (χ0) is 27.1. The smallest absolute Gasteiger partial charge is 0.138 e. The molecule has 36 heavy (non-hydrogen) atoms. The number of nitriles is 2. The molecule has 0 spiro atoms. The Balaban J connectivity index is 2.62. The molecule has 190 valence electrons. The Labute approximate surface area is 221 Å². The second kappa shape index (κ2) is 9.69. The maximum atomic E-state index is 11.0. The number of aryl methyl sites for hydroxylation is 2. The number of rotatable bonds is 7. The molecule has 1 aliphatic rings. The van der Waals surface area contributed by atoms with Gasteiger partial charge in [0, 0.05) is 16.5 Å². The molecule has 0 saturated carbocycles. The summed E-state index contributed by atoms with van der Waals surface area (Å²) in [4.78, 5) is 0. The van der Waals surface area contributed by atoms with Crippen molar-refractivity contribution >= 4 is 16.5 Å². The summed E-state index contributed by atoms with van der Waals surface area (Å²) >= 11 is 0. The molecule has 0 N–H and O–H groups in total. The molecule has 0 aromatic heterocycles. The summed E-state index contributed by atoms with van der Waals surface area (Å²) in [5, 5.41) is 22.1. The second-order valence-corrected chi connectivity index (χ2v) is 22.5. The molecule has 0 radical (unpaired) electrons. The molecule has 3 nitrogen and oxygen atoms in total. The Morgan fingerprint density at radius 1 is 0.750 bits per heavy atom. The highest BCUT2D eigenvalue weighted by Gasteiger charge is 2.66. The summed E-state index contributed by atoms with van der Waals surface area (Å²) in [5.41, 5.74) is 5.41. The van der Waals surface area contributed by atoms with Crippen molar-refractivity contribution in [1.29, 1.82) is 10.5 Å². The van der Waals surface area contributed by atoms with E-state index in [1.54, 1.807) is 0 Å². The van der Waals surface area contributed by atoms with Gasteiger partial charge < -0.3 is 4.23 Å². The van der Waals surface area contributed by atoms with Crippen molar-refractivity contribution in [3.8, 4) is 12.1 Å². The summed E-state index contributed by atoms with van der Waals surface area (Å²) in [6, 6.07) is 23.1. The largest absolute Gasteiger partial charge is 0.426 e. The van der Waals surface area contributed by atoms with Crippen molar-refractivity contribution in [1.82, 2.24) is 4.23 Å². The van der Waals surface area contributed by atoms with Crippen molar-refractivity contribution < 1.29 is 0 Å². The Morgan fingerprint density at radius 3 is 1.53 bits per heavy atom. The predicted octanol–water partition coefficient (Wildman–Crippen LogP) is 8.20. The molecule has 0 heterocycles. The van der Waals surface area contributed by atoms with Crippen LogP contribution in [0.1, 0.15) is 48.9 Å². The third-order valence-electron chi connectivity index (χ3n) is 8.23. The molecule has 1 unspecified atom stereocenters. The van der Waals surface area contributed by atoms with Crippen LogP contribution in [0.4, 0.5) is 0 Å². The standard InChI is InChI=1S/C31H43N3Si2/c1-11-30(25-17-13-23(3)14-18-25)27(21-32)29(34(35(5,6)7)36(8,9)10)28(22-33)31(30,12-2)26-19-15-24(4)16-20-26/h13-20,27H,11-12H2,1-10H3/t27?,30-,31-/m1/s1. The minimum absolute atomic E-state index is 0.403. The fourth-order valence-corrected chi connectivity index (χ4v) is 17.2. The second-order valence-electron chi connectivity index (χ2n) is 12.4. The lowest BCUT2D eigenvalue weighted by molar-refractivity contribution is 0.220. The number of hydrogen-bond donors (Lipinski definition) is 0. The van der Waals surface area contributed by atoms with Crippen LogP contribution in [0.3, 0.4) is 0 Å². The number of hydrogen-bond acceptors (Lipinski definition) is 3. The minimum atomic E-state index is -1.94. The van der Waals surface area contributed by atoms with Crippen molar-refractivity contribution in [3.63, 3.8) is 0 Å². The Morgan fingerprint density at radius 2 is 1.19 bits per heavy atom. The molecular formula is C31H43N3Si2. The number of nitrogens with zero attached hydrogens (tertiary/aromatic N) is 3. The fraction of sp³-hybridized carbons (Fsp3) is 0.484. The van der Waals surface area contributed by atoms with Gasteiger partial charge in [-0.3, -0.25) is 0 Å². The maximum absolute atomic E-state index is 11.0. The molecule has 0 amide bonds. The molecule has 2 aromatic carbocycles. The van der Waals surface area contributed by atoms with Crippen LogP contribution in [0.5, 0.6) is 0 Å². The fourth-order valence-electron chi connectivity index (χ4n) is 7.27. The van der Waals surface area contributed by atoms with Gasteiger partial charge in [0.05, 0.1) is 23.6 Å². The van der Waals surface area contributed by atoms with Gasteiger partial charge in [-0.1, -0.05) is 113 Å². The Kier molecular flexibility index (Phi) is 7.53. The van der Waals surface area contributed by atoms with E-state index in [1.807, 2.05) is 0 Å². The quantitative estimate of drug-likeness (QED) is 0.351. The first-order valence-electron chi connectivity index (χ1n) is 13.2. The molecule has 3 atom stereocenters. The first-order valence-corrected chi connectivity index (χ1v) is 20.1. The van der Waals surface area contributed by atoms with Gasteiger partial charge >= 0.3 is 0 Å². The lowest BCUT2D eigenvalue weighted by Gasteiger charge is -2.50. The summed E-state index contributed by atoms with van der Waals surface area (Å²) < 4.78 is 2.64. The molecule has 0 saturated heterocycles. The molecule has 5 heteroatoms. The van der Waals surface area contributed by atoms with Crippen LogP contribution in [0, 0.1) is 42.4 Å². The predicted molar refractivity (Wildman–Crippen MR) is 157 cm³/mol. The topological polar surface area (TPSA) is 50.8 Å². The van der Waals surface area contributed by atoms with Gasteiger partial charge in [-0.05, 0) is 37.8 Å². The Hall–Kier alpha value is -2.61. The lowest BCUT2D eigenvalue weighted by atomic mass is 9.52. The molecule has 0 aliphatic heterocycles. The van der Waals surface area contributed by atoms with E-state index in [0.717, 1.165) is 29.7 Å². The van der Waals surface area contributed by atoms with Crippen LogP contribution in [0.15, 0.2) is 59.8 Å². The molecule has 0 bridgehead atoms. The zero-order valence-electron chi connectivity index (χ0n) is 24.0. The van der Waals surface area contributed by atoms with Crippen molar-refractivity contribution in [2.24, 2.45) is 5.92 Å². The first-order chi connectivity index (χ1) is 16.8. The molecule has 1 aliphatic carbocycles. The summed E-state index contributed by atoms with van der Waals surface area (Å²) in [6.07, 6.45) is 1.53. The van der Waals surface area contributed by atoms with E-state index >= 15 is 0 Å². The van der Waals surface area contributed by atoms with Crippen LogP contribution in [0.25, 0.3) is 0 Å². The van der Waals surface area contributed by atoms with Crippen LogP contribution in [-0.4, -0.2) is 20.7 Å². The van der Waals surface area contributed by atoms with E-state index in [-0.39, 0.29) is 0 Å². The average molecular weight is 514 g/mol. The monoisotopic (exact) mass is 513 g/mol. The zero-order valence-corrected chi connectivity index (χ0v) is 26.0. The third-order valence-corrected chi connectivity index (χ3v) is 15.4. The van der Waals surface area contributed by atoms with Crippen LogP contribution >= 0.6 is 0 Å². The van der Waals surface area contributed by atoms with E-state index in [1.165, 1.54) is 16.7 Å². The SMILES string of the molecule is CC[C@@]1(c2ccc(C)cc2)C(C#N)=C(N([Si](C)(C)C)[Si](C)(C)C)C(C#N)[C@@]1(CC)c1ccc(C)cc1. The highest BCUT2D eigenvalue weighted by molar-refractivity contribution is 6.90. The van der Waals surface area contributed by atoms with Gasteiger partial charge in [-0.25, -0.2) is 0 Å². The van der Waals surface area contributed by atoms with Gasteiger partial charge in [0.1, 0.15) is 16.5 Å². The highest BCUT2D eigenvalue weighted by atomic mass is 28.4. The first kappa shape index (κ1) is 28.0. The van der Waals surface area contributed by atoms with E-state index in [4.69, 9.17) is 0 Å². The van der Waals surface area contributed by atoms with E-state index in [9.17, 15) is 10.5 Å². The number of allylic oxidation sites excluding steroid dienone is 2. The third kappa shape index (κ3) is 4.07. The van der Waals surface area contributed by atoms with Gasteiger partial charge in [-0.2, -0.15) is 10.5 Å². The highest BCUT2D eigenvalue weighted by Crippen LogP contribution is 2.65. The Bertz CT molecular complexity index is 1200. The average Bonchev–Trinajstić information content (AvgIpc) is 3.04. The van der Waals surface area contributed by atoms with Crippen molar-refractivity contribution in [2.75, 3.05) is 0 Å². The van der Waals surface area contributed by atoms with Crippen LogP contribution < -0.4 is 0 Å². The van der Waals surface area contributed by atoms with Crippen molar-refractivity contribution in [2.45, 2.75) is 90.6 Å². The lowest BCUT2D eigenvalue weighted by Crippen LogP contribution is -2.59. The van der Waals surface area contributed by atoms with Crippen LogP contribution in [0.2, 0.25) is 39.3 Å². The molecule has 3 rings (SSSR count). The van der Waals surface area contributed by atoms with Gasteiger partial charge in [0.25, 0.3) is 0 Å². The number of benzene rings is 2. The minimum Gasteiger partial charge on any atom is -0.426 e. The van der Waals surface area contributed by atoms with E-state index in [0.29, 0.717) is 0 Å².